The van der Waals surface area contributed by atoms with Gasteiger partial charge in [-0.2, -0.15) is 0 Å². The van der Waals surface area contributed by atoms with E-state index in [0.717, 1.165) is 18.5 Å². The summed E-state index contributed by atoms with van der Waals surface area (Å²) in [5, 5.41) is 7.78. The van der Waals surface area contributed by atoms with Crippen molar-refractivity contribution >= 4 is 28.3 Å². The van der Waals surface area contributed by atoms with E-state index in [1.165, 1.54) is 24.2 Å². The SMILES string of the molecule is Cc1ccccc1C(=O)Nc1nc(C(=O)NCC[C@H]2CCCN2C)cs1. The first-order valence-corrected chi connectivity index (χ1v) is 9.73. The molecule has 2 N–H and O–H groups in total. The number of benzene rings is 1. The first-order valence-electron chi connectivity index (χ1n) is 8.85. The molecule has 2 aromatic rings. The van der Waals surface area contributed by atoms with Gasteiger partial charge in [-0.15, -0.1) is 11.3 Å². The summed E-state index contributed by atoms with van der Waals surface area (Å²) in [6.07, 6.45) is 3.37. The van der Waals surface area contributed by atoms with Crippen LogP contribution in [0.25, 0.3) is 0 Å². The lowest BCUT2D eigenvalue weighted by atomic mass is 10.1. The summed E-state index contributed by atoms with van der Waals surface area (Å²) in [4.78, 5) is 31.1. The molecule has 1 atom stereocenters. The van der Waals surface area contributed by atoms with Crippen LogP contribution in [0.1, 0.15) is 45.7 Å². The fourth-order valence-corrected chi connectivity index (χ4v) is 3.90. The molecule has 1 saturated heterocycles. The van der Waals surface area contributed by atoms with Gasteiger partial charge in [-0.3, -0.25) is 14.9 Å². The molecule has 1 aromatic heterocycles. The van der Waals surface area contributed by atoms with E-state index < -0.39 is 0 Å². The number of likely N-dealkylation sites (tertiary alicyclic amines) is 1. The van der Waals surface area contributed by atoms with Crippen molar-refractivity contribution in [3.05, 3.63) is 46.5 Å². The van der Waals surface area contributed by atoms with Gasteiger partial charge in [0.25, 0.3) is 11.8 Å². The molecule has 0 aliphatic carbocycles. The smallest absolute Gasteiger partial charge is 0.270 e. The summed E-state index contributed by atoms with van der Waals surface area (Å²) >= 11 is 1.25. The van der Waals surface area contributed by atoms with E-state index in [2.05, 4.69) is 27.6 Å². The molecule has 0 spiro atoms. The van der Waals surface area contributed by atoms with Gasteiger partial charge in [0.2, 0.25) is 0 Å². The highest BCUT2D eigenvalue weighted by Gasteiger charge is 2.21. The van der Waals surface area contributed by atoms with Crippen molar-refractivity contribution in [2.45, 2.75) is 32.2 Å². The quantitative estimate of drug-likeness (QED) is 0.818. The Kier molecular flexibility index (Phi) is 6.00. The Hall–Kier alpha value is -2.25. The summed E-state index contributed by atoms with van der Waals surface area (Å²) in [7, 11) is 2.13. The topological polar surface area (TPSA) is 74.3 Å². The number of thiazole rings is 1. The summed E-state index contributed by atoms with van der Waals surface area (Å²) < 4.78 is 0. The van der Waals surface area contributed by atoms with Crippen molar-refractivity contribution in [1.82, 2.24) is 15.2 Å². The van der Waals surface area contributed by atoms with E-state index in [0.29, 0.717) is 29.0 Å². The van der Waals surface area contributed by atoms with E-state index in [9.17, 15) is 9.59 Å². The van der Waals surface area contributed by atoms with Crippen LogP contribution < -0.4 is 10.6 Å². The molecule has 2 amide bonds. The normalized spacial score (nSPS) is 17.2. The maximum Gasteiger partial charge on any atom is 0.270 e. The van der Waals surface area contributed by atoms with E-state index >= 15 is 0 Å². The third-order valence-corrected chi connectivity index (χ3v) is 5.54. The molecule has 1 aliphatic rings. The number of hydrogen-bond acceptors (Lipinski definition) is 5. The third-order valence-electron chi connectivity index (χ3n) is 4.78. The first-order chi connectivity index (χ1) is 12.5. The zero-order valence-corrected chi connectivity index (χ0v) is 15.9. The first kappa shape index (κ1) is 18.5. The fourth-order valence-electron chi connectivity index (χ4n) is 3.21. The fraction of sp³-hybridized carbons (Fsp3) is 0.421. The average molecular weight is 372 g/mol. The number of carbonyl (C=O) groups is 2. The van der Waals surface area contributed by atoms with Gasteiger partial charge in [0.1, 0.15) is 5.69 Å². The van der Waals surface area contributed by atoms with Crippen LogP contribution in [-0.4, -0.2) is 47.9 Å². The van der Waals surface area contributed by atoms with Crippen molar-refractivity contribution in [2.24, 2.45) is 0 Å². The molecule has 0 bridgehead atoms. The third kappa shape index (κ3) is 4.47. The second-order valence-electron chi connectivity index (χ2n) is 6.63. The number of rotatable bonds is 6. The van der Waals surface area contributed by atoms with Crippen LogP contribution in [0.4, 0.5) is 5.13 Å². The number of aryl methyl sites for hydroxylation is 1. The Labute approximate surface area is 157 Å². The molecular weight excluding hydrogens is 348 g/mol. The molecule has 1 aliphatic heterocycles. The molecule has 6 nitrogen and oxygen atoms in total. The van der Waals surface area contributed by atoms with Crippen LogP contribution in [0.3, 0.4) is 0 Å². The molecule has 0 saturated carbocycles. The maximum absolute atomic E-state index is 12.3. The standard InChI is InChI=1S/C19H24N4O2S/c1-13-6-3-4-8-15(13)17(24)22-19-21-16(12-26-19)18(25)20-10-9-14-7-5-11-23(14)2/h3-4,6,8,12,14H,5,7,9-11H2,1-2H3,(H,20,25)(H,21,22,24)/t14-/m1/s1. The summed E-state index contributed by atoms with van der Waals surface area (Å²) in [6, 6.07) is 7.92. The van der Waals surface area contributed by atoms with Crippen LogP contribution in [-0.2, 0) is 0 Å². The number of nitrogens with zero attached hydrogens (tertiary/aromatic N) is 2. The zero-order chi connectivity index (χ0) is 18.5. The highest BCUT2D eigenvalue weighted by atomic mass is 32.1. The molecule has 2 heterocycles. The van der Waals surface area contributed by atoms with E-state index in [1.807, 2.05) is 25.1 Å². The van der Waals surface area contributed by atoms with Gasteiger partial charge in [-0.25, -0.2) is 4.98 Å². The number of amides is 2. The minimum absolute atomic E-state index is 0.196. The Morgan fingerprint density at radius 2 is 2.12 bits per heavy atom. The van der Waals surface area contributed by atoms with Crippen LogP contribution in [0.5, 0.6) is 0 Å². The van der Waals surface area contributed by atoms with Crippen molar-refractivity contribution in [3.8, 4) is 0 Å². The second kappa shape index (κ2) is 8.42. The van der Waals surface area contributed by atoms with Crippen molar-refractivity contribution < 1.29 is 9.59 Å². The Bertz CT molecular complexity index is 789. The summed E-state index contributed by atoms with van der Waals surface area (Å²) in [5.41, 5.74) is 1.85. The predicted molar refractivity (Wildman–Crippen MR) is 104 cm³/mol. The van der Waals surface area contributed by atoms with Gasteiger partial charge >= 0.3 is 0 Å². The highest BCUT2D eigenvalue weighted by molar-refractivity contribution is 7.14. The molecule has 1 aromatic carbocycles. The molecule has 26 heavy (non-hydrogen) atoms. The molecular formula is C19H24N4O2S. The van der Waals surface area contributed by atoms with Crippen molar-refractivity contribution in [1.29, 1.82) is 0 Å². The molecule has 7 heteroatoms. The van der Waals surface area contributed by atoms with E-state index in [4.69, 9.17) is 0 Å². The molecule has 3 rings (SSSR count). The maximum atomic E-state index is 12.3. The summed E-state index contributed by atoms with van der Waals surface area (Å²) in [6.45, 7) is 3.66. The minimum atomic E-state index is -0.214. The summed E-state index contributed by atoms with van der Waals surface area (Å²) in [5.74, 6) is -0.410. The molecule has 138 valence electrons. The Balaban J connectivity index is 1.51. The highest BCUT2D eigenvalue weighted by Crippen LogP contribution is 2.19. The number of carbonyl (C=O) groups excluding carboxylic acids is 2. The average Bonchev–Trinajstić information content (AvgIpc) is 3.24. The van der Waals surface area contributed by atoms with Gasteiger partial charge in [0.15, 0.2) is 5.13 Å². The van der Waals surface area contributed by atoms with Crippen LogP contribution in [0.15, 0.2) is 29.6 Å². The monoisotopic (exact) mass is 372 g/mol. The van der Waals surface area contributed by atoms with Gasteiger partial charge in [-0.05, 0) is 51.4 Å². The Morgan fingerprint density at radius 1 is 1.31 bits per heavy atom. The number of hydrogen-bond donors (Lipinski definition) is 2. The van der Waals surface area contributed by atoms with Crippen LogP contribution in [0.2, 0.25) is 0 Å². The van der Waals surface area contributed by atoms with Gasteiger partial charge in [-0.1, -0.05) is 18.2 Å². The van der Waals surface area contributed by atoms with Crippen LogP contribution >= 0.6 is 11.3 Å². The number of aromatic nitrogens is 1. The van der Waals surface area contributed by atoms with Crippen molar-refractivity contribution in [3.63, 3.8) is 0 Å². The lowest BCUT2D eigenvalue weighted by molar-refractivity contribution is 0.0944. The minimum Gasteiger partial charge on any atom is -0.351 e. The predicted octanol–water partition coefficient (Wildman–Crippen LogP) is 2.92. The number of anilines is 1. The lowest BCUT2D eigenvalue weighted by Gasteiger charge is -2.19. The zero-order valence-electron chi connectivity index (χ0n) is 15.1. The van der Waals surface area contributed by atoms with E-state index in [1.54, 1.807) is 11.4 Å². The van der Waals surface area contributed by atoms with E-state index in [-0.39, 0.29) is 11.8 Å². The Morgan fingerprint density at radius 3 is 2.85 bits per heavy atom. The van der Waals surface area contributed by atoms with Gasteiger partial charge in [0.05, 0.1) is 0 Å². The largest absolute Gasteiger partial charge is 0.351 e. The lowest BCUT2D eigenvalue weighted by Crippen LogP contribution is -2.31. The molecule has 0 radical (unpaired) electrons. The second-order valence-corrected chi connectivity index (χ2v) is 7.49. The van der Waals surface area contributed by atoms with Gasteiger partial charge in [0, 0.05) is 23.5 Å². The van der Waals surface area contributed by atoms with Gasteiger partial charge < -0.3 is 10.2 Å². The van der Waals surface area contributed by atoms with Crippen LogP contribution in [0, 0.1) is 6.92 Å². The molecule has 0 unspecified atom stereocenters. The molecule has 1 fully saturated rings. The number of nitrogens with one attached hydrogen (secondary N) is 2. The van der Waals surface area contributed by atoms with Crippen molar-refractivity contribution in [2.75, 3.05) is 25.5 Å².